The zero-order chi connectivity index (χ0) is 10.9. The van der Waals surface area contributed by atoms with Gasteiger partial charge >= 0.3 is 5.97 Å². The third-order valence-corrected chi connectivity index (χ3v) is 2.75. The molecule has 0 bridgehead atoms. The summed E-state index contributed by atoms with van der Waals surface area (Å²) in [5, 5.41) is 11.3. The van der Waals surface area contributed by atoms with E-state index in [1.165, 1.54) is 6.07 Å². The lowest BCUT2D eigenvalue weighted by molar-refractivity contribution is -0.149. The molecule has 0 saturated carbocycles. The Bertz CT molecular complexity index is 412. The summed E-state index contributed by atoms with van der Waals surface area (Å²) in [6.07, 6.45) is 0.645. The van der Waals surface area contributed by atoms with Gasteiger partial charge < -0.3 is 14.4 Å². The quantitative estimate of drug-likeness (QED) is 0.726. The van der Waals surface area contributed by atoms with Crippen molar-refractivity contribution in [3.05, 3.63) is 22.2 Å². The third kappa shape index (κ3) is 1.56. The molecule has 0 radical (unpaired) electrons. The fourth-order valence-corrected chi connectivity index (χ4v) is 1.80. The molecule has 1 aliphatic heterocycles. The second kappa shape index (κ2) is 3.54. The summed E-state index contributed by atoms with van der Waals surface area (Å²) < 4.78 is 10.0. The Morgan fingerprint density at radius 2 is 2.13 bits per heavy atom. The minimum atomic E-state index is -1.11. The highest BCUT2D eigenvalue weighted by Crippen LogP contribution is 2.34. The van der Waals surface area contributed by atoms with Gasteiger partial charge in [-0.2, -0.15) is 5.16 Å². The van der Waals surface area contributed by atoms with Crippen LogP contribution in [0.1, 0.15) is 18.6 Å². The summed E-state index contributed by atoms with van der Waals surface area (Å²) in [4.78, 5) is 22.2. The molecule has 1 saturated heterocycles. The van der Waals surface area contributed by atoms with Crippen LogP contribution in [-0.4, -0.2) is 29.4 Å². The van der Waals surface area contributed by atoms with Gasteiger partial charge in [-0.25, -0.2) is 0 Å². The lowest BCUT2D eigenvalue weighted by Crippen LogP contribution is -2.41. The number of aliphatic carboxylic acids is 1. The van der Waals surface area contributed by atoms with Gasteiger partial charge in [-0.15, -0.1) is 0 Å². The van der Waals surface area contributed by atoms with Crippen LogP contribution in [0.3, 0.4) is 0 Å². The molecular weight excluding hydrogens is 202 g/mol. The van der Waals surface area contributed by atoms with E-state index in [1.54, 1.807) is 0 Å². The van der Waals surface area contributed by atoms with Gasteiger partial charge in [-0.05, 0) is 12.8 Å². The summed E-state index contributed by atoms with van der Waals surface area (Å²) in [5.74, 6) is -0.795. The standard InChI is InChI=1S/C9H11NO5/c11-7-5-6(15-10-7)9(8(12)13)1-3-14-4-2-9/h5H,1-4H2,(H,10,11)(H,12,13). The zero-order valence-corrected chi connectivity index (χ0v) is 7.99. The minimum absolute atomic E-state index is 0.184. The molecule has 1 aromatic heterocycles. The van der Waals surface area contributed by atoms with Crippen LogP contribution in [0.25, 0.3) is 0 Å². The maximum Gasteiger partial charge on any atom is 0.317 e. The van der Waals surface area contributed by atoms with Crippen molar-refractivity contribution in [3.63, 3.8) is 0 Å². The Kier molecular flexibility index (Phi) is 2.36. The fraction of sp³-hybridized carbons (Fsp3) is 0.556. The Balaban J connectivity index is 2.41. The highest BCUT2D eigenvalue weighted by molar-refractivity contribution is 5.80. The van der Waals surface area contributed by atoms with Crippen LogP contribution in [0.4, 0.5) is 0 Å². The van der Waals surface area contributed by atoms with Crippen LogP contribution in [0.15, 0.2) is 15.4 Å². The van der Waals surface area contributed by atoms with Crippen molar-refractivity contribution in [1.82, 2.24) is 5.16 Å². The number of hydrogen-bond acceptors (Lipinski definition) is 4. The van der Waals surface area contributed by atoms with Crippen LogP contribution >= 0.6 is 0 Å². The number of carbonyl (C=O) groups is 1. The molecule has 0 unspecified atom stereocenters. The van der Waals surface area contributed by atoms with E-state index in [2.05, 4.69) is 5.16 Å². The molecule has 2 heterocycles. The number of rotatable bonds is 2. The molecular formula is C9H11NO5. The third-order valence-electron chi connectivity index (χ3n) is 2.75. The van der Waals surface area contributed by atoms with E-state index < -0.39 is 16.9 Å². The molecule has 0 atom stereocenters. The second-order valence-electron chi connectivity index (χ2n) is 3.58. The fourth-order valence-electron chi connectivity index (χ4n) is 1.80. The highest BCUT2D eigenvalue weighted by atomic mass is 16.5. The molecule has 1 fully saturated rings. The molecule has 15 heavy (non-hydrogen) atoms. The SMILES string of the molecule is O=C(O)C1(c2cc(=O)[nH]o2)CCOCC1. The summed E-state index contributed by atoms with van der Waals surface area (Å²) in [5.41, 5.74) is -1.53. The van der Waals surface area contributed by atoms with Crippen LogP contribution in [-0.2, 0) is 14.9 Å². The number of aromatic amines is 1. The number of carboxylic acid groups (broad SMARTS) is 1. The van der Waals surface area contributed by atoms with Crippen molar-refractivity contribution in [3.8, 4) is 0 Å². The topological polar surface area (TPSA) is 92.5 Å². The Morgan fingerprint density at radius 1 is 1.47 bits per heavy atom. The molecule has 1 aromatic rings. The monoisotopic (exact) mass is 213 g/mol. The van der Waals surface area contributed by atoms with Crippen LogP contribution in [0.2, 0.25) is 0 Å². The molecule has 0 aromatic carbocycles. The number of aromatic nitrogens is 1. The Labute approximate surface area is 84.8 Å². The Hall–Kier alpha value is -1.56. The molecule has 6 nitrogen and oxygen atoms in total. The second-order valence-corrected chi connectivity index (χ2v) is 3.58. The molecule has 82 valence electrons. The molecule has 2 N–H and O–H groups in total. The summed E-state index contributed by atoms with van der Waals surface area (Å²) >= 11 is 0. The maximum atomic E-state index is 11.3. The average molecular weight is 213 g/mol. The lowest BCUT2D eigenvalue weighted by atomic mass is 9.78. The number of nitrogens with one attached hydrogen (secondary N) is 1. The summed E-state index contributed by atoms with van der Waals surface area (Å²) in [7, 11) is 0. The van der Waals surface area contributed by atoms with E-state index in [0.29, 0.717) is 26.1 Å². The van der Waals surface area contributed by atoms with Gasteiger partial charge in [0.15, 0.2) is 5.76 Å². The van der Waals surface area contributed by atoms with Gasteiger partial charge in [-0.1, -0.05) is 0 Å². The first-order valence-electron chi connectivity index (χ1n) is 4.65. The van der Waals surface area contributed by atoms with Crippen LogP contribution in [0, 0.1) is 0 Å². The van der Waals surface area contributed by atoms with Gasteiger partial charge in [0.1, 0.15) is 5.41 Å². The molecule has 0 spiro atoms. The zero-order valence-electron chi connectivity index (χ0n) is 7.99. The van der Waals surface area contributed by atoms with Gasteiger partial charge in [0.05, 0.1) is 0 Å². The molecule has 0 aliphatic carbocycles. The van der Waals surface area contributed by atoms with E-state index in [4.69, 9.17) is 9.26 Å². The van der Waals surface area contributed by atoms with E-state index >= 15 is 0 Å². The van der Waals surface area contributed by atoms with Crippen molar-refractivity contribution >= 4 is 5.97 Å². The van der Waals surface area contributed by atoms with Crippen molar-refractivity contribution in [2.45, 2.75) is 18.3 Å². The lowest BCUT2D eigenvalue weighted by Gasteiger charge is -2.30. The smallest absolute Gasteiger partial charge is 0.317 e. The first kappa shape index (κ1) is 9.97. The molecule has 1 aliphatic rings. The van der Waals surface area contributed by atoms with Crippen molar-refractivity contribution < 1.29 is 19.2 Å². The predicted octanol–water partition coefficient (Wildman–Crippen LogP) is 0.101. The van der Waals surface area contributed by atoms with Crippen LogP contribution in [0.5, 0.6) is 0 Å². The van der Waals surface area contributed by atoms with E-state index in [9.17, 15) is 14.7 Å². The highest BCUT2D eigenvalue weighted by Gasteiger charge is 2.45. The molecule has 0 amide bonds. The summed E-state index contributed by atoms with van der Waals surface area (Å²) in [6, 6.07) is 1.19. The van der Waals surface area contributed by atoms with Gasteiger partial charge in [0.25, 0.3) is 5.56 Å². The van der Waals surface area contributed by atoms with E-state index in [0.717, 1.165) is 0 Å². The largest absolute Gasteiger partial charge is 0.480 e. The van der Waals surface area contributed by atoms with Crippen molar-refractivity contribution in [2.24, 2.45) is 0 Å². The number of H-pyrrole nitrogens is 1. The Morgan fingerprint density at radius 3 is 2.60 bits per heavy atom. The minimum Gasteiger partial charge on any atom is -0.480 e. The molecule has 6 heteroatoms. The van der Waals surface area contributed by atoms with Crippen molar-refractivity contribution in [1.29, 1.82) is 0 Å². The predicted molar refractivity (Wildman–Crippen MR) is 48.7 cm³/mol. The van der Waals surface area contributed by atoms with E-state index in [-0.39, 0.29) is 5.76 Å². The normalized spacial score (nSPS) is 20.0. The number of hydrogen-bond donors (Lipinski definition) is 2. The van der Waals surface area contributed by atoms with Crippen LogP contribution < -0.4 is 5.56 Å². The van der Waals surface area contributed by atoms with E-state index in [1.807, 2.05) is 0 Å². The first-order valence-corrected chi connectivity index (χ1v) is 4.65. The van der Waals surface area contributed by atoms with Gasteiger partial charge in [-0.3, -0.25) is 9.59 Å². The first-order chi connectivity index (χ1) is 7.15. The molecule has 2 rings (SSSR count). The van der Waals surface area contributed by atoms with Gasteiger partial charge in [0, 0.05) is 19.3 Å². The van der Waals surface area contributed by atoms with Crippen molar-refractivity contribution in [2.75, 3.05) is 13.2 Å². The number of carboxylic acids is 1. The summed E-state index contributed by atoms with van der Waals surface area (Å²) in [6.45, 7) is 0.725. The maximum absolute atomic E-state index is 11.3. The average Bonchev–Trinajstić information content (AvgIpc) is 2.66. The number of ether oxygens (including phenoxy) is 1. The van der Waals surface area contributed by atoms with Gasteiger partial charge in [0.2, 0.25) is 0 Å².